The molecule has 0 saturated heterocycles. The summed E-state index contributed by atoms with van der Waals surface area (Å²) < 4.78 is 35.8. The van der Waals surface area contributed by atoms with Crippen molar-refractivity contribution in [2.24, 2.45) is 0 Å². The molecule has 1 aromatic carbocycles. The van der Waals surface area contributed by atoms with Crippen molar-refractivity contribution < 1.29 is 32.3 Å². The summed E-state index contributed by atoms with van der Waals surface area (Å²) in [5.41, 5.74) is 1.22. The van der Waals surface area contributed by atoms with E-state index in [0.29, 0.717) is 11.3 Å². The minimum absolute atomic E-state index is 0.0180. The predicted octanol–water partition coefficient (Wildman–Crippen LogP) is 1.75. The summed E-state index contributed by atoms with van der Waals surface area (Å²) in [4.78, 5) is 39.7. The largest absolute Gasteiger partial charge is 0.465 e. The lowest BCUT2D eigenvalue weighted by Gasteiger charge is -2.13. The van der Waals surface area contributed by atoms with Crippen molar-refractivity contribution in [3.63, 3.8) is 0 Å². The fraction of sp³-hybridized carbons (Fsp3) is 0.316. The molecule has 0 fully saturated rings. The van der Waals surface area contributed by atoms with Gasteiger partial charge in [0, 0.05) is 5.69 Å². The molecule has 2 rings (SSSR count). The third-order valence-corrected chi connectivity index (χ3v) is 5.79. The Morgan fingerprint density at radius 2 is 1.79 bits per heavy atom. The standard InChI is InChI=1S/C19H22N2O7S/c1-10-15(19(24)27-5)11(2)21-16(10)17(22)12(3)28-18(23)13-7-6-8-14(9-13)29(25,26)20-4/h6-9,12,20-21H,1-5H3/t12-/m0/s1. The number of aryl methyl sites for hydroxylation is 1. The molecule has 0 bridgehead atoms. The summed E-state index contributed by atoms with van der Waals surface area (Å²) in [7, 11) is -1.24. The first-order valence-electron chi connectivity index (χ1n) is 8.59. The Kier molecular flexibility index (Phi) is 6.60. The van der Waals surface area contributed by atoms with Crippen LogP contribution in [-0.2, 0) is 19.5 Å². The molecule has 0 saturated carbocycles. The number of rotatable bonds is 7. The maximum Gasteiger partial charge on any atom is 0.339 e. The van der Waals surface area contributed by atoms with Gasteiger partial charge in [-0.1, -0.05) is 6.07 Å². The van der Waals surface area contributed by atoms with Gasteiger partial charge in [-0.2, -0.15) is 0 Å². The minimum Gasteiger partial charge on any atom is -0.465 e. The Bertz CT molecular complexity index is 1070. The predicted molar refractivity (Wildman–Crippen MR) is 104 cm³/mol. The summed E-state index contributed by atoms with van der Waals surface area (Å²) in [6.07, 6.45) is -1.17. The molecular formula is C19H22N2O7S. The third kappa shape index (κ3) is 4.54. The highest BCUT2D eigenvalue weighted by Gasteiger charge is 2.28. The summed E-state index contributed by atoms with van der Waals surface area (Å²) in [6.45, 7) is 4.60. The second kappa shape index (κ2) is 8.58. The van der Waals surface area contributed by atoms with Crippen LogP contribution in [0.4, 0.5) is 0 Å². The first-order chi connectivity index (χ1) is 13.5. The van der Waals surface area contributed by atoms with Crippen LogP contribution < -0.4 is 4.72 Å². The lowest BCUT2D eigenvalue weighted by Crippen LogP contribution is -2.25. The molecule has 1 aromatic heterocycles. The molecular weight excluding hydrogens is 400 g/mol. The van der Waals surface area contributed by atoms with E-state index in [1.807, 2.05) is 0 Å². The van der Waals surface area contributed by atoms with E-state index in [-0.39, 0.29) is 21.7 Å². The molecule has 29 heavy (non-hydrogen) atoms. The molecule has 0 amide bonds. The number of aromatic nitrogens is 1. The van der Waals surface area contributed by atoms with Crippen molar-refractivity contribution in [2.45, 2.75) is 31.8 Å². The van der Waals surface area contributed by atoms with Crippen LogP contribution in [0.15, 0.2) is 29.2 Å². The molecule has 1 atom stereocenters. The van der Waals surface area contributed by atoms with Crippen molar-refractivity contribution in [1.29, 1.82) is 0 Å². The second-order valence-electron chi connectivity index (χ2n) is 6.26. The van der Waals surface area contributed by atoms with Crippen molar-refractivity contribution in [3.05, 3.63) is 52.3 Å². The van der Waals surface area contributed by atoms with Crippen molar-refractivity contribution in [1.82, 2.24) is 9.71 Å². The Balaban J connectivity index is 2.24. The Hall–Kier alpha value is -2.98. The summed E-state index contributed by atoms with van der Waals surface area (Å²) in [5, 5.41) is 0. The lowest BCUT2D eigenvalue weighted by atomic mass is 10.1. The van der Waals surface area contributed by atoms with Crippen LogP contribution >= 0.6 is 0 Å². The SMILES string of the molecule is CNS(=O)(=O)c1cccc(C(=O)O[C@@H](C)C(=O)c2[nH]c(C)c(C(=O)OC)c2C)c1. The molecule has 2 N–H and O–H groups in total. The van der Waals surface area contributed by atoms with Gasteiger partial charge in [0.15, 0.2) is 6.10 Å². The zero-order valence-electron chi connectivity index (χ0n) is 16.7. The lowest BCUT2D eigenvalue weighted by molar-refractivity contribution is 0.0316. The Labute approximate surface area is 168 Å². The van der Waals surface area contributed by atoms with Gasteiger partial charge in [-0.25, -0.2) is 22.7 Å². The topological polar surface area (TPSA) is 132 Å². The average Bonchev–Trinajstić information content (AvgIpc) is 3.00. The van der Waals surface area contributed by atoms with Crippen LogP contribution in [0.5, 0.6) is 0 Å². The number of ether oxygens (including phenoxy) is 2. The van der Waals surface area contributed by atoms with Crippen LogP contribution in [0.2, 0.25) is 0 Å². The van der Waals surface area contributed by atoms with Crippen LogP contribution in [0.3, 0.4) is 0 Å². The highest BCUT2D eigenvalue weighted by Crippen LogP contribution is 2.21. The van der Waals surface area contributed by atoms with Crippen molar-refractivity contribution in [2.75, 3.05) is 14.2 Å². The van der Waals surface area contributed by atoms with E-state index in [1.165, 1.54) is 39.3 Å². The maximum absolute atomic E-state index is 12.7. The van der Waals surface area contributed by atoms with Crippen molar-refractivity contribution in [3.8, 4) is 0 Å². The van der Waals surface area contributed by atoms with Crippen LogP contribution in [0, 0.1) is 13.8 Å². The smallest absolute Gasteiger partial charge is 0.339 e. The fourth-order valence-electron chi connectivity index (χ4n) is 2.80. The Morgan fingerprint density at radius 3 is 2.38 bits per heavy atom. The molecule has 2 aromatic rings. The van der Waals surface area contributed by atoms with E-state index in [4.69, 9.17) is 9.47 Å². The van der Waals surface area contributed by atoms with E-state index in [0.717, 1.165) is 6.07 Å². The monoisotopic (exact) mass is 422 g/mol. The number of carbonyl (C=O) groups excluding carboxylic acids is 3. The van der Waals surface area contributed by atoms with E-state index in [9.17, 15) is 22.8 Å². The van der Waals surface area contributed by atoms with Gasteiger partial charge in [0.05, 0.1) is 28.8 Å². The highest BCUT2D eigenvalue weighted by atomic mass is 32.2. The summed E-state index contributed by atoms with van der Waals surface area (Å²) in [5.74, 6) is -1.97. The van der Waals surface area contributed by atoms with Gasteiger partial charge >= 0.3 is 11.9 Å². The Morgan fingerprint density at radius 1 is 1.14 bits per heavy atom. The first kappa shape index (κ1) is 22.3. The molecule has 9 nitrogen and oxygen atoms in total. The molecule has 10 heteroatoms. The molecule has 0 radical (unpaired) electrons. The maximum atomic E-state index is 12.7. The van der Waals surface area contributed by atoms with Crippen LogP contribution in [0.1, 0.15) is 49.4 Å². The summed E-state index contributed by atoms with van der Waals surface area (Å²) >= 11 is 0. The number of aromatic amines is 1. The highest BCUT2D eigenvalue weighted by molar-refractivity contribution is 7.89. The first-order valence-corrected chi connectivity index (χ1v) is 10.1. The molecule has 1 heterocycles. The number of ketones is 1. The zero-order valence-corrected chi connectivity index (χ0v) is 17.5. The van der Waals surface area contributed by atoms with Crippen molar-refractivity contribution >= 4 is 27.7 Å². The van der Waals surface area contributed by atoms with Gasteiger partial charge in [-0.15, -0.1) is 0 Å². The number of carbonyl (C=O) groups is 3. The zero-order chi connectivity index (χ0) is 21.9. The van der Waals surface area contributed by atoms with E-state index >= 15 is 0 Å². The molecule has 0 aliphatic heterocycles. The second-order valence-corrected chi connectivity index (χ2v) is 8.15. The van der Waals surface area contributed by atoms with Gasteiger partial charge in [-0.3, -0.25) is 4.79 Å². The van der Waals surface area contributed by atoms with Gasteiger partial charge in [0.25, 0.3) is 0 Å². The third-order valence-electron chi connectivity index (χ3n) is 4.38. The van der Waals surface area contributed by atoms with Gasteiger partial charge in [0.1, 0.15) is 0 Å². The number of H-pyrrole nitrogens is 1. The quantitative estimate of drug-likeness (QED) is 0.513. The molecule has 156 valence electrons. The normalized spacial score (nSPS) is 12.3. The van der Waals surface area contributed by atoms with Gasteiger partial charge in [0.2, 0.25) is 15.8 Å². The minimum atomic E-state index is -3.73. The molecule has 0 aliphatic rings. The average molecular weight is 422 g/mol. The number of Topliss-reactive ketones (excluding diaryl/α,β-unsaturated/α-hetero) is 1. The molecule has 0 unspecified atom stereocenters. The molecule has 0 spiro atoms. The molecule has 0 aliphatic carbocycles. The number of nitrogens with one attached hydrogen (secondary N) is 2. The van der Waals surface area contributed by atoms with E-state index in [2.05, 4.69) is 9.71 Å². The van der Waals surface area contributed by atoms with Crippen LogP contribution in [0.25, 0.3) is 0 Å². The van der Waals surface area contributed by atoms with E-state index in [1.54, 1.807) is 13.8 Å². The summed E-state index contributed by atoms with van der Waals surface area (Å²) in [6, 6.07) is 5.27. The van der Waals surface area contributed by atoms with Gasteiger partial charge < -0.3 is 14.5 Å². The van der Waals surface area contributed by atoms with E-state index < -0.39 is 33.8 Å². The van der Waals surface area contributed by atoms with Gasteiger partial charge in [-0.05, 0) is 51.6 Å². The number of hydrogen-bond acceptors (Lipinski definition) is 7. The number of esters is 2. The number of benzene rings is 1. The fourth-order valence-corrected chi connectivity index (χ4v) is 3.57. The number of hydrogen-bond donors (Lipinski definition) is 2. The number of sulfonamides is 1. The number of methoxy groups -OCH3 is 1. The van der Waals surface area contributed by atoms with Crippen LogP contribution in [-0.4, -0.2) is 51.4 Å².